The molecular weight excluding hydrogens is 273 g/mol. The van der Waals surface area contributed by atoms with E-state index >= 15 is 0 Å². The third-order valence-corrected chi connectivity index (χ3v) is 3.61. The van der Waals surface area contributed by atoms with Crippen molar-refractivity contribution in [1.82, 2.24) is 0 Å². The summed E-state index contributed by atoms with van der Waals surface area (Å²) in [6.07, 6.45) is -0.534. The first kappa shape index (κ1) is 15.6. The van der Waals surface area contributed by atoms with Gasteiger partial charge in [0.2, 0.25) is 0 Å². The van der Waals surface area contributed by atoms with Crippen LogP contribution in [0.4, 0.5) is 13.2 Å². The second-order valence-corrected chi connectivity index (χ2v) is 5.22. The summed E-state index contributed by atoms with van der Waals surface area (Å²) < 4.78 is 37.4. The average molecular weight is 292 g/mol. The van der Waals surface area contributed by atoms with Crippen molar-refractivity contribution in [2.24, 2.45) is 0 Å². The van der Waals surface area contributed by atoms with Crippen molar-refractivity contribution in [1.29, 1.82) is 0 Å². The van der Waals surface area contributed by atoms with Crippen LogP contribution in [0, 0.1) is 0 Å². The molecule has 2 aromatic rings. The van der Waals surface area contributed by atoms with E-state index in [-0.39, 0.29) is 0 Å². The maximum Gasteiger partial charge on any atom is 0.416 e. The first-order chi connectivity index (χ1) is 9.99. The maximum absolute atomic E-state index is 12.5. The number of alkyl halides is 3. The predicted octanol–water partition coefficient (Wildman–Crippen LogP) is 5.44. The minimum Gasteiger partial charge on any atom is -0.166 e. The number of rotatable bonds is 5. The molecule has 0 saturated heterocycles. The summed E-state index contributed by atoms with van der Waals surface area (Å²) in [5, 5.41) is 0. The molecule has 0 radical (unpaired) electrons. The topological polar surface area (TPSA) is 0 Å². The molecule has 0 unspecified atom stereocenters. The van der Waals surface area contributed by atoms with Crippen LogP contribution in [-0.2, 0) is 25.4 Å². The first-order valence-corrected chi connectivity index (χ1v) is 7.23. The van der Waals surface area contributed by atoms with Crippen LogP contribution in [0.15, 0.2) is 48.5 Å². The Kier molecular flexibility index (Phi) is 5.05. The van der Waals surface area contributed by atoms with Gasteiger partial charge in [-0.1, -0.05) is 43.3 Å². The SMILES string of the molecule is CCc1cccc(CCCc2ccc(C(F)(F)F)cc2)c1. The number of hydrogen-bond acceptors (Lipinski definition) is 0. The number of benzene rings is 2. The van der Waals surface area contributed by atoms with Gasteiger partial charge in [-0.3, -0.25) is 0 Å². The monoisotopic (exact) mass is 292 g/mol. The van der Waals surface area contributed by atoms with Crippen LogP contribution >= 0.6 is 0 Å². The second-order valence-electron chi connectivity index (χ2n) is 5.22. The van der Waals surface area contributed by atoms with E-state index in [1.54, 1.807) is 12.1 Å². The molecule has 112 valence electrons. The van der Waals surface area contributed by atoms with E-state index in [0.717, 1.165) is 43.4 Å². The minimum absolute atomic E-state index is 0.582. The van der Waals surface area contributed by atoms with Crippen LogP contribution < -0.4 is 0 Å². The molecule has 0 nitrogen and oxygen atoms in total. The van der Waals surface area contributed by atoms with E-state index in [4.69, 9.17) is 0 Å². The predicted molar refractivity (Wildman–Crippen MR) is 79.3 cm³/mol. The van der Waals surface area contributed by atoms with Crippen molar-refractivity contribution in [2.45, 2.75) is 38.8 Å². The fourth-order valence-corrected chi connectivity index (χ4v) is 2.36. The summed E-state index contributed by atoms with van der Waals surface area (Å²) in [5.41, 5.74) is 2.99. The second kappa shape index (κ2) is 6.79. The fourth-order valence-electron chi connectivity index (χ4n) is 2.36. The highest BCUT2D eigenvalue weighted by Gasteiger charge is 2.29. The molecule has 0 spiro atoms. The maximum atomic E-state index is 12.5. The van der Waals surface area contributed by atoms with Gasteiger partial charge in [0.25, 0.3) is 0 Å². The van der Waals surface area contributed by atoms with Gasteiger partial charge in [-0.2, -0.15) is 13.2 Å². The molecule has 21 heavy (non-hydrogen) atoms. The summed E-state index contributed by atoms with van der Waals surface area (Å²) in [6.45, 7) is 2.13. The molecule has 0 heterocycles. The van der Waals surface area contributed by atoms with Gasteiger partial charge in [-0.15, -0.1) is 0 Å². The molecule has 0 aliphatic rings. The normalized spacial score (nSPS) is 11.6. The van der Waals surface area contributed by atoms with Gasteiger partial charge in [0.05, 0.1) is 5.56 Å². The van der Waals surface area contributed by atoms with E-state index in [1.165, 1.54) is 11.1 Å². The van der Waals surface area contributed by atoms with Crippen LogP contribution in [-0.4, -0.2) is 0 Å². The molecule has 2 aromatic carbocycles. The van der Waals surface area contributed by atoms with Crippen LogP contribution in [0.2, 0.25) is 0 Å². The van der Waals surface area contributed by atoms with Crippen molar-refractivity contribution in [3.05, 3.63) is 70.8 Å². The molecule has 0 aliphatic carbocycles. The van der Waals surface area contributed by atoms with Crippen LogP contribution in [0.1, 0.15) is 35.6 Å². The van der Waals surface area contributed by atoms with Gasteiger partial charge in [-0.05, 0) is 54.5 Å². The highest BCUT2D eigenvalue weighted by atomic mass is 19.4. The van der Waals surface area contributed by atoms with Gasteiger partial charge >= 0.3 is 6.18 Å². The Morgan fingerprint density at radius 2 is 1.43 bits per heavy atom. The molecular formula is C18H19F3. The molecule has 3 heteroatoms. The van der Waals surface area contributed by atoms with E-state index in [2.05, 4.69) is 31.2 Å². The highest BCUT2D eigenvalue weighted by molar-refractivity contribution is 5.26. The number of hydrogen-bond donors (Lipinski definition) is 0. The summed E-state index contributed by atoms with van der Waals surface area (Å²) in [6, 6.07) is 13.9. The van der Waals surface area contributed by atoms with Crippen molar-refractivity contribution < 1.29 is 13.2 Å². The molecule has 0 fully saturated rings. The third-order valence-electron chi connectivity index (χ3n) is 3.61. The molecule has 0 bridgehead atoms. The van der Waals surface area contributed by atoms with Crippen molar-refractivity contribution >= 4 is 0 Å². The average Bonchev–Trinajstić information content (AvgIpc) is 2.47. The summed E-state index contributed by atoms with van der Waals surface area (Å²) in [7, 11) is 0. The number of halogens is 3. The molecule has 0 amide bonds. The van der Waals surface area contributed by atoms with Gasteiger partial charge in [0.15, 0.2) is 0 Å². The van der Waals surface area contributed by atoms with Gasteiger partial charge in [0, 0.05) is 0 Å². The van der Waals surface area contributed by atoms with Gasteiger partial charge < -0.3 is 0 Å². The Hall–Kier alpha value is -1.77. The zero-order valence-electron chi connectivity index (χ0n) is 12.1. The molecule has 0 aromatic heterocycles. The smallest absolute Gasteiger partial charge is 0.166 e. The standard InChI is InChI=1S/C18H19F3/c1-2-14-5-3-7-16(13-14)8-4-6-15-9-11-17(12-10-15)18(19,20)21/h3,5,7,9-13H,2,4,6,8H2,1H3. The fraction of sp³-hybridized carbons (Fsp3) is 0.333. The Morgan fingerprint density at radius 1 is 0.810 bits per heavy atom. The molecule has 0 aliphatic heterocycles. The highest BCUT2D eigenvalue weighted by Crippen LogP contribution is 2.29. The Balaban J connectivity index is 1.88. The van der Waals surface area contributed by atoms with E-state index in [1.807, 2.05) is 0 Å². The van der Waals surface area contributed by atoms with Crippen molar-refractivity contribution in [3.8, 4) is 0 Å². The summed E-state index contributed by atoms with van der Waals surface area (Å²) >= 11 is 0. The van der Waals surface area contributed by atoms with Crippen LogP contribution in [0.25, 0.3) is 0 Å². The van der Waals surface area contributed by atoms with Crippen LogP contribution in [0.5, 0.6) is 0 Å². The molecule has 0 saturated carbocycles. The Bertz CT molecular complexity index is 568. The summed E-state index contributed by atoms with van der Waals surface area (Å²) in [4.78, 5) is 0. The lowest BCUT2D eigenvalue weighted by Gasteiger charge is -2.08. The van der Waals surface area contributed by atoms with Crippen molar-refractivity contribution in [3.63, 3.8) is 0 Å². The summed E-state index contributed by atoms with van der Waals surface area (Å²) in [5.74, 6) is 0. The Morgan fingerprint density at radius 3 is 2.05 bits per heavy atom. The first-order valence-electron chi connectivity index (χ1n) is 7.23. The third kappa shape index (κ3) is 4.62. The Labute approximate surface area is 123 Å². The van der Waals surface area contributed by atoms with Crippen molar-refractivity contribution in [2.75, 3.05) is 0 Å². The molecule has 0 atom stereocenters. The minimum atomic E-state index is -4.25. The zero-order chi connectivity index (χ0) is 15.3. The molecule has 2 rings (SSSR count). The van der Waals surface area contributed by atoms with E-state index in [0.29, 0.717) is 0 Å². The number of aryl methyl sites for hydroxylation is 3. The quantitative estimate of drug-likeness (QED) is 0.688. The van der Waals surface area contributed by atoms with E-state index < -0.39 is 11.7 Å². The lowest BCUT2D eigenvalue weighted by atomic mass is 10.0. The lowest BCUT2D eigenvalue weighted by molar-refractivity contribution is -0.137. The molecule has 0 N–H and O–H groups in total. The van der Waals surface area contributed by atoms with Gasteiger partial charge in [0.1, 0.15) is 0 Å². The van der Waals surface area contributed by atoms with E-state index in [9.17, 15) is 13.2 Å². The van der Waals surface area contributed by atoms with Gasteiger partial charge in [-0.25, -0.2) is 0 Å². The largest absolute Gasteiger partial charge is 0.416 e. The van der Waals surface area contributed by atoms with Crippen LogP contribution in [0.3, 0.4) is 0 Å². The zero-order valence-corrected chi connectivity index (χ0v) is 12.1. The lowest BCUT2D eigenvalue weighted by Crippen LogP contribution is -2.04.